The number of carbonyl (C=O) groups excluding carboxylic acids is 1. The fourth-order valence-corrected chi connectivity index (χ4v) is 1.60. The third kappa shape index (κ3) is 2.65. The molecule has 6 nitrogen and oxygen atoms in total. The fourth-order valence-electron chi connectivity index (χ4n) is 1.60. The Kier molecular flexibility index (Phi) is 3.90. The smallest absolute Gasteiger partial charge is 0.407 e. The lowest BCUT2D eigenvalue weighted by Crippen LogP contribution is -2.18. The molecule has 0 aliphatic carbocycles. The zero-order valence-corrected chi connectivity index (χ0v) is 9.82. The van der Waals surface area contributed by atoms with Gasteiger partial charge in [0.2, 0.25) is 0 Å². The summed E-state index contributed by atoms with van der Waals surface area (Å²) in [5.74, 6) is 0. The van der Waals surface area contributed by atoms with Crippen molar-refractivity contribution < 1.29 is 14.5 Å². The van der Waals surface area contributed by atoms with Gasteiger partial charge >= 0.3 is 6.09 Å². The number of halogens is 1. The summed E-state index contributed by atoms with van der Waals surface area (Å²) in [5, 5.41) is 13.3. The Morgan fingerprint density at radius 3 is 2.76 bits per heavy atom. The molecule has 0 saturated carbocycles. The maximum absolute atomic E-state index is 10.8. The van der Waals surface area contributed by atoms with Crippen LogP contribution in [0, 0.1) is 17.0 Å². The summed E-state index contributed by atoms with van der Waals surface area (Å²) in [6.07, 6.45) is -0.492. The van der Waals surface area contributed by atoms with E-state index in [-0.39, 0.29) is 30.7 Å². The van der Waals surface area contributed by atoms with Gasteiger partial charge in [-0.05, 0) is 12.5 Å². The van der Waals surface area contributed by atoms with E-state index in [1.165, 1.54) is 6.07 Å². The van der Waals surface area contributed by atoms with Gasteiger partial charge in [-0.1, -0.05) is 12.1 Å². The van der Waals surface area contributed by atoms with Gasteiger partial charge in [-0.2, -0.15) is 0 Å². The Morgan fingerprint density at radius 1 is 1.53 bits per heavy atom. The van der Waals surface area contributed by atoms with E-state index in [1.54, 1.807) is 19.1 Å². The van der Waals surface area contributed by atoms with Crippen molar-refractivity contribution in [1.82, 2.24) is 5.32 Å². The minimum Gasteiger partial charge on any atom is -0.447 e. The molecule has 1 N–H and O–H groups in total. The highest BCUT2D eigenvalue weighted by Crippen LogP contribution is 2.25. The second kappa shape index (κ2) is 5.01. The van der Waals surface area contributed by atoms with Crippen molar-refractivity contribution in [1.29, 1.82) is 0 Å². The maximum atomic E-state index is 10.8. The molecular formula is C10H11ClN2O4. The van der Waals surface area contributed by atoms with E-state index < -0.39 is 11.0 Å². The van der Waals surface area contributed by atoms with E-state index in [2.05, 4.69) is 5.32 Å². The maximum Gasteiger partial charge on any atom is 0.407 e. The zero-order chi connectivity index (χ0) is 11.7. The number of ether oxygens (including phenoxy) is 1. The minimum absolute atomic E-state index is 0. The monoisotopic (exact) mass is 258 g/mol. The molecular weight excluding hydrogens is 248 g/mol. The first-order valence-corrected chi connectivity index (χ1v) is 4.76. The standard InChI is InChI=1S/C10H10N2O4.ClH/c1-6-2-3-7(4-9(6)12(14)15)8-5-16-10(13)11-8;/h2-4,8H,5H2,1H3,(H,11,13);1H/t8-;/m1./s1. The van der Waals surface area contributed by atoms with Crippen LogP contribution in [0.4, 0.5) is 10.5 Å². The van der Waals surface area contributed by atoms with Crippen LogP contribution in [0.25, 0.3) is 0 Å². The highest BCUT2D eigenvalue weighted by molar-refractivity contribution is 5.85. The van der Waals surface area contributed by atoms with Gasteiger partial charge in [-0.25, -0.2) is 4.79 Å². The number of aryl methyl sites for hydroxylation is 1. The summed E-state index contributed by atoms with van der Waals surface area (Å²) in [6, 6.07) is 4.58. The van der Waals surface area contributed by atoms with Crippen LogP contribution in [0.15, 0.2) is 18.2 Å². The molecule has 0 bridgehead atoms. The average molecular weight is 259 g/mol. The highest BCUT2D eigenvalue weighted by atomic mass is 35.5. The Balaban J connectivity index is 0.00000144. The van der Waals surface area contributed by atoms with E-state index in [0.717, 1.165) is 0 Å². The van der Waals surface area contributed by atoms with E-state index in [9.17, 15) is 14.9 Å². The summed E-state index contributed by atoms with van der Waals surface area (Å²) in [5.41, 5.74) is 1.33. The number of hydrogen-bond acceptors (Lipinski definition) is 4. The highest BCUT2D eigenvalue weighted by Gasteiger charge is 2.25. The van der Waals surface area contributed by atoms with Crippen LogP contribution in [-0.2, 0) is 4.74 Å². The predicted octanol–water partition coefficient (Wildman–Crippen LogP) is 2.11. The van der Waals surface area contributed by atoms with Crippen molar-refractivity contribution in [3.8, 4) is 0 Å². The molecule has 0 unspecified atom stereocenters. The van der Waals surface area contributed by atoms with E-state index in [1.807, 2.05) is 0 Å². The lowest BCUT2D eigenvalue weighted by molar-refractivity contribution is -0.385. The second-order valence-corrected chi connectivity index (χ2v) is 3.60. The summed E-state index contributed by atoms with van der Waals surface area (Å²) in [4.78, 5) is 21.2. The van der Waals surface area contributed by atoms with Gasteiger partial charge in [0.1, 0.15) is 6.61 Å². The molecule has 1 aliphatic rings. The molecule has 1 atom stereocenters. The van der Waals surface area contributed by atoms with Crippen molar-refractivity contribution >= 4 is 24.2 Å². The van der Waals surface area contributed by atoms with Crippen LogP contribution in [0.3, 0.4) is 0 Å². The molecule has 17 heavy (non-hydrogen) atoms. The van der Waals surface area contributed by atoms with Crippen molar-refractivity contribution in [2.75, 3.05) is 6.61 Å². The number of nitrogens with one attached hydrogen (secondary N) is 1. The zero-order valence-electron chi connectivity index (χ0n) is 9.00. The van der Waals surface area contributed by atoms with Crippen molar-refractivity contribution in [3.05, 3.63) is 39.4 Å². The number of carbonyl (C=O) groups is 1. The predicted molar refractivity (Wildman–Crippen MR) is 62.3 cm³/mol. The molecule has 7 heteroatoms. The van der Waals surface area contributed by atoms with Gasteiger partial charge in [0, 0.05) is 11.6 Å². The topological polar surface area (TPSA) is 81.5 Å². The van der Waals surface area contributed by atoms with Crippen molar-refractivity contribution in [2.45, 2.75) is 13.0 Å². The Bertz CT molecular complexity index is 464. The minimum atomic E-state index is -0.492. The molecule has 1 aliphatic heterocycles. The molecule has 2 rings (SSSR count). The molecule has 1 saturated heterocycles. The van der Waals surface area contributed by atoms with Crippen LogP contribution >= 0.6 is 12.4 Å². The Labute approximate surface area is 104 Å². The summed E-state index contributed by atoms with van der Waals surface area (Å²) >= 11 is 0. The molecule has 1 amide bonds. The number of nitrogens with zero attached hydrogens (tertiary/aromatic N) is 1. The van der Waals surface area contributed by atoms with E-state index >= 15 is 0 Å². The number of nitro benzene ring substituents is 1. The largest absolute Gasteiger partial charge is 0.447 e. The first-order valence-electron chi connectivity index (χ1n) is 4.76. The molecule has 1 fully saturated rings. The molecule has 92 valence electrons. The molecule has 1 aromatic carbocycles. The van der Waals surface area contributed by atoms with Crippen molar-refractivity contribution in [3.63, 3.8) is 0 Å². The number of nitro groups is 1. The Hall–Kier alpha value is -1.82. The number of rotatable bonds is 2. The first kappa shape index (κ1) is 13.2. The van der Waals surface area contributed by atoms with Crippen LogP contribution in [0.2, 0.25) is 0 Å². The summed E-state index contributed by atoms with van der Waals surface area (Å²) < 4.78 is 4.73. The van der Waals surface area contributed by atoms with Crippen LogP contribution in [-0.4, -0.2) is 17.6 Å². The van der Waals surface area contributed by atoms with E-state index in [4.69, 9.17) is 4.74 Å². The van der Waals surface area contributed by atoms with Gasteiger partial charge in [0.15, 0.2) is 0 Å². The van der Waals surface area contributed by atoms with Gasteiger partial charge < -0.3 is 10.1 Å². The number of benzene rings is 1. The normalized spacial score (nSPS) is 17.9. The van der Waals surface area contributed by atoms with Crippen LogP contribution < -0.4 is 5.32 Å². The summed E-state index contributed by atoms with van der Waals surface area (Å²) in [7, 11) is 0. The molecule has 1 aromatic rings. The number of cyclic esters (lactones) is 1. The number of amides is 1. The van der Waals surface area contributed by atoms with Crippen LogP contribution in [0.1, 0.15) is 17.2 Å². The third-order valence-corrected chi connectivity index (χ3v) is 2.51. The van der Waals surface area contributed by atoms with Gasteiger partial charge in [-0.15, -0.1) is 12.4 Å². The molecule has 0 radical (unpaired) electrons. The van der Waals surface area contributed by atoms with Crippen molar-refractivity contribution in [2.24, 2.45) is 0 Å². The SMILES string of the molecule is Cc1ccc([C@H]2COC(=O)N2)cc1[N+](=O)[O-].Cl. The van der Waals surface area contributed by atoms with Gasteiger partial charge in [-0.3, -0.25) is 10.1 Å². The molecule has 0 spiro atoms. The van der Waals surface area contributed by atoms with Gasteiger partial charge in [0.25, 0.3) is 5.69 Å². The lowest BCUT2D eigenvalue weighted by Gasteiger charge is -2.07. The molecule has 1 heterocycles. The number of alkyl carbamates (subject to hydrolysis) is 1. The Morgan fingerprint density at radius 2 is 2.24 bits per heavy atom. The fraction of sp³-hybridized carbons (Fsp3) is 0.300. The number of hydrogen-bond donors (Lipinski definition) is 1. The summed E-state index contributed by atoms with van der Waals surface area (Å²) in [6.45, 7) is 1.88. The third-order valence-electron chi connectivity index (χ3n) is 2.51. The van der Waals surface area contributed by atoms with Gasteiger partial charge in [0.05, 0.1) is 11.0 Å². The van der Waals surface area contributed by atoms with E-state index in [0.29, 0.717) is 11.1 Å². The first-order chi connectivity index (χ1) is 7.58. The quantitative estimate of drug-likeness (QED) is 0.651. The average Bonchev–Trinajstić information content (AvgIpc) is 2.65. The second-order valence-electron chi connectivity index (χ2n) is 3.60. The molecule has 0 aromatic heterocycles. The lowest BCUT2D eigenvalue weighted by atomic mass is 10.0. The van der Waals surface area contributed by atoms with Crippen LogP contribution in [0.5, 0.6) is 0 Å².